The van der Waals surface area contributed by atoms with Crippen molar-refractivity contribution in [1.82, 2.24) is 4.31 Å². The van der Waals surface area contributed by atoms with Crippen LogP contribution < -0.4 is 4.90 Å². The van der Waals surface area contributed by atoms with Gasteiger partial charge in [-0.05, 0) is 69.0 Å². The topological polar surface area (TPSA) is 108 Å². The van der Waals surface area contributed by atoms with Crippen molar-refractivity contribution in [1.29, 1.82) is 5.26 Å². The molecule has 180 valence electrons. The molecule has 2 aromatic carbocycles. The number of sulfonamides is 1. The van der Waals surface area contributed by atoms with Crippen LogP contribution in [0.1, 0.15) is 36.0 Å². The summed E-state index contributed by atoms with van der Waals surface area (Å²) in [5, 5.41) is 8.99. The summed E-state index contributed by atoms with van der Waals surface area (Å²) in [5.41, 5.74) is 3.48. The molecule has 0 aliphatic carbocycles. The molecular weight excluding hydrogens is 454 g/mol. The van der Waals surface area contributed by atoms with Crippen LogP contribution in [0.25, 0.3) is 0 Å². The minimum Gasteiger partial charge on any atom is -0.454 e. The van der Waals surface area contributed by atoms with E-state index in [4.69, 9.17) is 10.00 Å². The van der Waals surface area contributed by atoms with Crippen LogP contribution in [0.15, 0.2) is 47.4 Å². The maximum Gasteiger partial charge on any atom is 0.324 e. The Kier molecular flexibility index (Phi) is 8.07. The highest BCUT2D eigenvalue weighted by Gasteiger charge is 2.40. The lowest BCUT2D eigenvalue weighted by atomic mass is 10.1. The summed E-state index contributed by atoms with van der Waals surface area (Å²) < 4.78 is 32.6. The SMILES string of the molecule is Cc1ccc(S(=O)(=O)N2CCC[C@H]2C(=O)OCC(=O)N(CCC#N)c2cc(C)cc(C)c2)cc1. The fraction of sp³-hybridized carbons (Fsp3) is 0.400. The number of carbonyl (C=O) groups is 2. The lowest BCUT2D eigenvalue weighted by molar-refractivity contribution is -0.151. The van der Waals surface area contributed by atoms with Gasteiger partial charge in [-0.15, -0.1) is 0 Å². The molecule has 1 aliphatic heterocycles. The van der Waals surface area contributed by atoms with Crippen molar-refractivity contribution in [3.63, 3.8) is 0 Å². The van der Waals surface area contributed by atoms with E-state index in [0.29, 0.717) is 18.5 Å². The van der Waals surface area contributed by atoms with E-state index in [-0.39, 0.29) is 24.4 Å². The third-order valence-electron chi connectivity index (χ3n) is 5.71. The van der Waals surface area contributed by atoms with Crippen LogP contribution in [0.4, 0.5) is 5.69 Å². The molecule has 0 N–H and O–H groups in total. The van der Waals surface area contributed by atoms with Gasteiger partial charge in [0.1, 0.15) is 6.04 Å². The summed E-state index contributed by atoms with van der Waals surface area (Å²) in [6.07, 6.45) is 0.973. The average molecular weight is 484 g/mol. The van der Waals surface area contributed by atoms with Gasteiger partial charge < -0.3 is 9.64 Å². The van der Waals surface area contributed by atoms with Crippen LogP contribution in [0.2, 0.25) is 0 Å². The minimum atomic E-state index is -3.87. The molecule has 34 heavy (non-hydrogen) atoms. The van der Waals surface area contributed by atoms with Gasteiger partial charge in [-0.2, -0.15) is 9.57 Å². The van der Waals surface area contributed by atoms with E-state index in [2.05, 4.69) is 0 Å². The quantitative estimate of drug-likeness (QED) is 0.534. The third kappa shape index (κ3) is 5.82. The van der Waals surface area contributed by atoms with Gasteiger partial charge in [0.25, 0.3) is 5.91 Å². The monoisotopic (exact) mass is 483 g/mol. The van der Waals surface area contributed by atoms with E-state index in [1.807, 2.05) is 45.0 Å². The Bertz CT molecular complexity index is 1180. The largest absolute Gasteiger partial charge is 0.454 e. The van der Waals surface area contributed by atoms with Gasteiger partial charge in [0.15, 0.2) is 6.61 Å². The molecule has 0 unspecified atom stereocenters. The van der Waals surface area contributed by atoms with Gasteiger partial charge in [0.2, 0.25) is 10.0 Å². The highest BCUT2D eigenvalue weighted by atomic mass is 32.2. The molecule has 9 heteroatoms. The zero-order valence-electron chi connectivity index (χ0n) is 19.7. The number of hydrogen-bond donors (Lipinski definition) is 0. The van der Waals surface area contributed by atoms with Crippen molar-refractivity contribution in [2.24, 2.45) is 0 Å². The van der Waals surface area contributed by atoms with Crippen LogP contribution in [0.5, 0.6) is 0 Å². The van der Waals surface area contributed by atoms with E-state index < -0.39 is 34.5 Å². The average Bonchev–Trinajstić information content (AvgIpc) is 3.28. The normalized spacial score (nSPS) is 16.1. The van der Waals surface area contributed by atoms with Crippen LogP contribution in [-0.4, -0.2) is 50.3 Å². The first-order chi connectivity index (χ1) is 16.1. The fourth-order valence-corrected chi connectivity index (χ4v) is 5.73. The van der Waals surface area contributed by atoms with Crippen LogP contribution in [0, 0.1) is 32.1 Å². The molecule has 1 saturated heterocycles. The lowest BCUT2D eigenvalue weighted by Crippen LogP contribution is -2.43. The molecule has 0 saturated carbocycles. The van der Waals surface area contributed by atoms with E-state index in [9.17, 15) is 18.0 Å². The molecule has 1 aliphatic rings. The first-order valence-corrected chi connectivity index (χ1v) is 12.6. The Morgan fingerprint density at radius 2 is 1.74 bits per heavy atom. The Balaban J connectivity index is 1.72. The van der Waals surface area contributed by atoms with E-state index in [1.54, 1.807) is 12.1 Å². The highest BCUT2D eigenvalue weighted by molar-refractivity contribution is 7.89. The summed E-state index contributed by atoms with van der Waals surface area (Å²) in [6, 6.07) is 13.1. The first kappa shape index (κ1) is 25.4. The van der Waals surface area contributed by atoms with Crippen molar-refractivity contribution in [3.8, 4) is 6.07 Å². The van der Waals surface area contributed by atoms with Crippen LogP contribution in [0.3, 0.4) is 0 Å². The van der Waals surface area contributed by atoms with Crippen molar-refractivity contribution in [2.45, 2.75) is 51.0 Å². The number of carbonyl (C=O) groups excluding carboxylic acids is 2. The fourth-order valence-electron chi connectivity index (χ4n) is 4.08. The molecule has 1 atom stereocenters. The second-order valence-electron chi connectivity index (χ2n) is 8.49. The first-order valence-electron chi connectivity index (χ1n) is 11.1. The van der Waals surface area contributed by atoms with E-state index >= 15 is 0 Å². The highest BCUT2D eigenvalue weighted by Crippen LogP contribution is 2.27. The number of nitriles is 1. The molecule has 0 radical (unpaired) electrons. The predicted molar refractivity (Wildman–Crippen MR) is 128 cm³/mol. The maximum absolute atomic E-state index is 13.1. The summed E-state index contributed by atoms with van der Waals surface area (Å²) in [5.74, 6) is -1.22. The molecular formula is C25H29N3O5S. The lowest BCUT2D eigenvalue weighted by Gasteiger charge is -2.25. The molecule has 1 heterocycles. The molecule has 8 nitrogen and oxygen atoms in total. The zero-order chi connectivity index (χ0) is 24.9. The number of rotatable bonds is 8. The second-order valence-corrected chi connectivity index (χ2v) is 10.4. The van der Waals surface area contributed by atoms with Crippen molar-refractivity contribution in [3.05, 3.63) is 59.2 Å². The summed E-state index contributed by atoms with van der Waals surface area (Å²) in [6.45, 7) is 5.51. The zero-order valence-corrected chi connectivity index (χ0v) is 20.5. The van der Waals surface area contributed by atoms with Crippen molar-refractivity contribution < 1.29 is 22.7 Å². The number of anilines is 1. The summed E-state index contributed by atoms with van der Waals surface area (Å²) in [7, 11) is -3.87. The van der Waals surface area contributed by atoms with Gasteiger partial charge in [0.05, 0.1) is 17.4 Å². The van der Waals surface area contributed by atoms with E-state index in [0.717, 1.165) is 21.0 Å². The standard InChI is InChI=1S/C25H29N3O5S/c1-18-7-9-22(10-8-18)34(31,32)28-13-4-6-23(28)25(30)33-17-24(29)27(12-5-11-26)21-15-19(2)14-20(3)16-21/h7-10,14-16,23H,4-6,12-13,17H2,1-3H3/t23-/m0/s1. The Morgan fingerprint density at radius 3 is 2.35 bits per heavy atom. The summed E-state index contributed by atoms with van der Waals surface area (Å²) in [4.78, 5) is 27.3. The van der Waals surface area contributed by atoms with E-state index in [1.165, 1.54) is 17.0 Å². The molecule has 2 aromatic rings. The van der Waals surface area contributed by atoms with Crippen LogP contribution >= 0.6 is 0 Å². The Hall–Kier alpha value is -3.22. The molecule has 1 fully saturated rings. The molecule has 0 spiro atoms. The number of aryl methyl sites for hydroxylation is 3. The van der Waals surface area contributed by atoms with Crippen LogP contribution in [-0.2, 0) is 24.3 Å². The number of amides is 1. The predicted octanol–water partition coefficient (Wildman–Crippen LogP) is 3.26. The molecule has 3 rings (SSSR count). The number of benzene rings is 2. The smallest absolute Gasteiger partial charge is 0.324 e. The Labute approximate surface area is 200 Å². The van der Waals surface area contributed by atoms with Gasteiger partial charge in [-0.1, -0.05) is 23.8 Å². The molecule has 0 bridgehead atoms. The van der Waals surface area contributed by atoms with Crippen molar-refractivity contribution in [2.75, 3.05) is 24.6 Å². The molecule has 1 amide bonds. The Morgan fingerprint density at radius 1 is 1.09 bits per heavy atom. The van der Waals surface area contributed by atoms with Crippen molar-refractivity contribution >= 4 is 27.6 Å². The second kappa shape index (κ2) is 10.8. The number of ether oxygens (including phenoxy) is 1. The number of esters is 1. The summed E-state index contributed by atoms with van der Waals surface area (Å²) >= 11 is 0. The van der Waals surface area contributed by atoms with Gasteiger partial charge >= 0.3 is 5.97 Å². The minimum absolute atomic E-state index is 0.117. The molecule has 0 aromatic heterocycles. The van der Waals surface area contributed by atoms with Gasteiger partial charge in [0, 0.05) is 18.8 Å². The third-order valence-corrected chi connectivity index (χ3v) is 7.63. The number of nitrogens with zero attached hydrogens (tertiary/aromatic N) is 3. The maximum atomic E-state index is 13.1. The van der Waals surface area contributed by atoms with Gasteiger partial charge in [-0.3, -0.25) is 9.59 Å². The number of hydrogen-bond acceptors (Lipinski definition) is 6. The van der Waals surface area contributed by atoms with Gasteiger partial charge in [-0.25, -0.2) is 8.42 Å².